The van der Waals surface area contributed by atoms with Gasteiger partial charge < -0.3 is 14.8 Å². The highest BCUT2D eigenvalue weighted by molar-refractivity contribution is 5.33. The van der Waals surface area contributed by atoms with Crippen molar-refractivity contribution in [1.29, 1.82) is 5.26 Å². The van der Waals surface area contributed by atoms with Crippen molar-refractivity contribution >= 4 is 0 Å². The largest absolute Gasteiger partial charge is 0.489 e. The molecule has 1 N–H and O–H groups in total. The van der Waals surface area contributed by atoms with Crippen LogP contribution in [-0.2, 0) is 17.9 Å². The maximum Gasteiger partial charge on any atom is 0.120 e. The molecule has 0 unspecified atom stereocenters. The lowest BCUT2D eigenvalue weighted by Gasteiger charge is -2.26. The Labute approximate surface area is 167 Å². The van der Waals surface area contributed by atoms with Crippen molar-refractivity contribution in [3.05, 3.63) is 65.2 Å². The Bertz CT molecular complexity index is 766. The van der Waals surface area contributed by atoms with Gasteiger partial charge in [-0.05, 0) is 61.3 Å². The molecule has 0 atom stereocenters. The molecule has 1 aliphatic rings. The minimum atomic E-state index is 0.466. The van der Waals surface area contributed by atoms with E-state index in [1.807, 2.05) is 30.3 Å². The molecule has 0 aliphatic carbocycles. The molecule has 5 nitrogen and oxygen atoms in total. The molecular formula is C23H29N3O2. The third kappa shape index (κ3) is 6.97. The van der Waals surface area contributed by atoms with Gasteiger partial charge >= 0.3 is 0 Å². The molecule has 1 heterocycles. The molecule has 0 amide bonds. The van der Waals surface area contributed by atoms with Crippen LogP contribution in [0.2, 0.25) is 0 Å². The molecule has 2 aromatic carbocycles. The van der Waals surface area contributed by atoms with Gasteiger partial charge in [0.05, 0.1) is 24.8 Å². The molecular weight excluding hydrogens is 350 g/mol. The lowest BCUT2D eigenvalue weighted by atomic mass is 10.1. The van der Waals surface area contributed by atoms with Gasteiger partial charge in [-0.2, -0.15) is 5.26 Å². The first kappa shape index (κ1) is 20.3. The van der Waals surface area contributed by atoms with Crippen LogP contribution < -0.4 is 10.1 Å². The Morgan fingerprint density at radius 3 is 2.71 bits per heavy atom. The molecule has 148 valence electrons. The number of unbranched alkanes of at least 4 members (excludes halogenated alkanes) is 1. The zero-order chi connectivity index (χ0) is 19.4. The van der Waals surface area contributed by atoms with Crippen LogP contribution in [0.25, 0.3) is 0 Å². The Kier molecular flexibility index (Phi) is 8.32. The number of nitriles is 1. The Balaban J connectivity index is 1.34. The molecule has 0 spiro atoms. The number of nitrogens with one attached hydrogen (secondary N) is 1. The summed E-state index contributed by atoms with van der Waals surface area (Å²) >= 11 is 0. The summed E-state index contributed by atoms with van der Waals surface area (Å²) in [4.78, 5) is 2.48. The molecule has 5 heteroatoms. The van der Waals surface area contributed by atoms with E-state index < -0.39 is 0 Å². The van der Waals surface area contributed by atoms with Crippen LogP contribution in [-0.4, -0.2) is 44.3 Å². The van der Waals surface area contributed by atoms with Gasteiger partial charge in [-0.25, -0.2) is 0 Å². The van der Waals surface area contributed by atoms with E-state index in [1.54, 1.807) is 6.07 Å². The molecule has 1 fully saturated rings. The van der Waals surface area contributed by atoms with Gasteiger partial charge in [0.15, 0.2) is 0 Å². The van der Waals surface area contributed by atoms with Crippen molar-refractivity contribution < 1.29 is 9.47 Å². The summed E-state index contributed by atoms with van der Waals surface area (Å²) in [5.41, 5.74) is 2.88. The Morgan fingerprint density at radius 2 is 1.86 bits per heavy atom. The highest BCUT2D eigenvalue weighted by Gasteiger charge is 2.08. The summed E-state index contributed by atoms with van der Waals surface area (Å²) in [6, 6.07) is 17.9. The van der Waals surface area contributed by atoms with Crippen molar-refractivity contribution in [1.82, 2.24) is 10.2 Å². The molecule has 3 rings (SSSR count). The van der Waals surface area contributed by atoms with Crippen LogP contribution in [0.4, 0.5) is 0 Å². The number of ether oxygens (including phenoxy) is 2. The minimum Gasteiger partial charge on any atom is -0.489 e. The normalized spacial score (nSPS) is 14.5. The second-order valence-electron chi connectivity index (χ2n) is 7.09. The average Bonchev–Trinajstić information content (AvgIpc) is 2.76. The molecule has 0 saturated carbocycles. The number of morpholine rings is 1. The fraction of sp³-hybridized carbons (Fsp3) is 0.435. The van der Waals surface area contributed by atoms with Crippen LogP contribution >= 0.6 is 0 Å². The molecule has 0 radical (unpaired) electrons. The molecule has 1 saturated heterocycles. The quantitative estimate of drug-likeness (QED) is 0.642. The zero-order valence-electron chi connectivity index (χ0n) is 16.4. The van der Waals surface area contributed by atoms with E-state index in [0.29, 0.717) is 12.2 Å². The number of benzene rings is 2. The number of hydrogen-bond acceptors (Lipinski definition) is 5. The SMILES string of the molecule is N#Cc1cccc(COc2cccc(CNCCCCN3CCOCC3)c2)c1. The molecule has 1 aliphatic heterocycles. The molecule has 0 aromatic heterocycles. The predicted molar refractivity (Wildman–Crippen MR) is 110 cm³/mol. The van der Waals surface area contributed by atoms with E-state index in [0.717, 1.165) is 50.7 Å². The van der Waals surface area contributed by atoms with Crippen LogP contribution in [0.3, 0.4) is 0 Å². The highest BCUT2D eigenvalue weighted by Crippen LogP contribution is 2.16. The third-order valence-electron chi connectivity index (χ3n) is 4.87. The summed E-state index contributed by atoms with van der Waals surface area (Å²) in [6.07, 6.45) is 2.40. The summed E-state index contributed by atoms with van der Waals surface area (Å²) in [5, 5.41) is 12.5. The lowest BCUT2D eigenvalue weighted by Crippen LogP contribution is -2.37. The first-order chi connectivity index (χ1) is 13.8. The van der Waals surface area contributed by atoms with E-state index >= 15 is 0 Å². The second kappa shape index (κ2) is 11.5. The lowest BCUT2D eigenvalue weighted by molar-refractivity contribution is 0.0372. The monoisotopic (exact) mass is 379 g/mol. The van der Waals surface area contributed by atoms with Crippen molar-refractivity contribution in [2.45, 2.75) is 26.0 Å². The van der Waals surface area contributed by atoms with Crippen molar-refractivity contribution in [3.8, 4) is 11.8 Å². The van der Waals surface area contributed by atoms with Gasteiger partial charge in [0.1, 0.15) is 12.4 Å². The zero-order valence-corrected chi connectivity index (χ0v) is 16.4. The summed E-state index contributed by atoms with van der Waals surface area (Å²) in [6.45, 7) is 7.40. The third-order valence-corrected chi connectivity index (χ3v) is 4.87. The highest BCUT2D eigenvalue weighted by atomic mass is 16.5. The standard InChI is InChI=1S/C23H29N3O2/c24-17-20-5-3-7-22(15-20)19-28-23-8-4-6-21(16-23)18-25-9-1-2-10-26-11-13-27-14-12-26/h3-8,15-16,25H,1-2,9-14,18-19H2. The smallest absolute Gasteiger partial charge is 0.120 e. The van der Waals surface area contributed by atoms with Crippen molar-refractivity contribution in [2.75, 3.05) is 39.4 Å². The molecule has 2 aromatic rings. The average molecular weight is 380 g/mol. The minimum absolute atomic E-state index is 0.466. The van der Waals surface area contributed by atoms with Crippen LogP contribution in [0.5, 0.6) is 5.75 Å². The topological polar surface area (TPSA) is 57.5 Å². The van der Waals surface area contributed by atoms with Crippen LogP contribution in [0.1, 0.15) is 29.5 Å². The van der Waals surface area contributed by atoms with Gasteiger partial charge in [-0.3, -0.25) is 4.90 Å². The predicted octanol–water partition coefficient (Wildman–Crippen LogP) is 3.34. The summed E-state index contributed by atoms with van der Waals surface area (Å²) in [5.74, 6) is 0.856. The van der Waals surface area contributed by atoms with E-state index in [9.17, 15) is 0 Å². The van der Waals surface area contributed by atoms with E-state index in [4.69, 9.17) is 14.7 Å². The van der Waals surface area contributed by atoms with Crippen LogP contribution in [0, 0.1) is 11.3 Å². The van der Waals surface area contributed by atoms with Gasteiger partial charge in [-0.1, -0.05) is 24.3 Å². The number of rotatable bonds is 10. The first-order valence-corrected chi connectivity index (χ1v) is 10.0. The Morgan fingerprint density at radius 1 is 1.04 bits per heavy atom. The van der Waals surface area contributed by atoms with E-state index in [-0.39, 0.29) is 0 Å². The van der Waals surface area contributed by atoms with Crippen LogP contribution in [0.15, 0.2) is 48.5 Å². The van der Waals surface area contributed by atoms with Gasteiger partial charge in [-0.15, -0.1) is 0 Å². The molecule has 28 heavy (non-hydrogen) atoms. The van der Waals surface area contributed by atoms with Gasteiger partial charge in [0, 0.05) is 19.6 Å². The first-order valence-electron chi connectivity index (χ1n) is 10.0. The van der Waals surface area contributed by atoms with Gasteiger partial charge in [0.25, 0.3) is 0 Å². The molecule has 0 bridgehead atoms. The van der Waals surface area contributed by atoms with E-state index in [2.05, 4.69) is 28.4 Å². The maximum absolute atomic E-state index is 8.98. The van der Waals surface area contributed by atoms with Gasteiger partial charge in [0.2, 0.25) is 0 Å². The number of hydrogen-bond donors (Lipinski definition) is 1. The summed E-state index contributed by atoms with van der Waals surface area (Å²) < 4.78 is 11.3. The van der Waals surface area contributed by atoms with E-state index in [1.165, 1.54) is 24.9 Å². The fourth-order valence-corrected chi connectivity index (χ4v) is 3.29. The van der Waals surface area contributed by atoms with Crippen molar-refractivity contribution in [3.63, 3.8) is 0 Å². The number of nitrogens with zero attached hydrogens (tertiary/aromatic N) is 2. The second-order valence-corrected chi connectivity index (χ2v) is 7.09. The maximum atomic E-state index is 8.98. The summed E-state index contributed by atoms with van der Waals surface area (Å²) in [7, 11) is 0. The fourth-order valence-electron chi connectivity index (χ4n) is 3.29. The Hall–Kier alpha value is -2.39. The van der Waals surface area contributed by atoms with Crippen molar-refractivity contribution in [2.24, 2.45) is 0 Å².